The summed E-state index contributed by atoms with van der Waals surface area (Å²) >= 11 is 0. The zero-order valence-electron chi connectivity index (χ0n) is 32.1. The summed E-state index contributed by atoms with van der Waals surface area (Å²) in [6.45, 7) is 4.97. The second kappa shape index (κ2) is 13.3. The highest BCUT2D eigenvalue weighted by Gasteiger charge is 2.51. The maximum absolute atomic E-state index is 9.75. The average molecular weight is 720 g/mol. The molecule has 6 saturated carbocycles. The van der Waals surface area contributed by atoms with Crippen LogP contribution in [-0.2, 0) is 10.8 Å². The van der Waals surface area contributed by atoms with Crippen molar-refractivity contribution in [1.82, 2.24) is 15.0 Å². The van der Waals surface area contributed by atoms with E-state index in [1.54, 1.807) is 17.7 Å². The van der Waals surface area contributed by atoms with Crippen molar-refractivity contribution in [2.75, 3.05) is 0 Å². The van der Waals surface area contributed by atoms with E-state index in [9.17, 15) is 10.5 Å². The molecule has 0 saturated heterocycles. The number of nitriles is 2. The Morgan fingerprint density at radius 1 is 0.491 bits per heavy atom. The van der Waals surface area contributed by atoms with Crippen LogP contribution in [0.2, 0.25) is 0 Å². The van der Waals surface area contributed by atoms with Crippen LogP contribution in [0.25, 0.3) is 45.3 Å². The number of fused-ring (bicyclic) bond motifs is 2. The molecule has 5 heteroatoms. The zero-order chi connectivity index (χ0) is 37.3. The SMILES string of the molecule is CC1C[C@@H]2C[C@H](C1)CC(C)(c1cc(-c3cccc(C45CC6CC(CC(C6)C4)C5)c3)cc(-c3nc(-c4cccc(C#N)c4)nc(-c4cccc(C#N)c4)n3)c1)C2. The first-order valence-corrected chi connectivity index (χ1v) is 20.8. The lowest BCUT2D eigenvalue weighted by Gasteiger charge is -2.57. The third-order valence-corrected chi connectivity index (χ3v) is 14.5. The monoisotopic (exact) mass is 719 g/mol. The lowest BCUT2D eigenvalue weighted by Crippen LogP contribution is -2.48. The molecule has 6 aliphatic rings. The van der Waals surface area contributed by atoms with E-state index in [0.29, 0.717) is 34.0 Å². The van der Waals surface area contributed by atoms with Gasteiger partial charge in [-0.2, -0.15) is 10.5 Å². The molecule has 0 aliphatic heterocycles. The summed E-state index contributed by atoms with van der Waals surface area (Å²) in [5.41, 5.74) is 9.43. The quantitative estimate of drug-likeness (QED) is 0.174. The highest BCUT2D eigenvalue weighted by atomic mass is 15.0. The first kappa shape index (κ1) is 34.4. The van der Waals surface area contributed by atoms with Gasteiger partial charge in [-0.1, -0.05) is 68.4 Å². The van der Waals surface area contributed by atoms with Gasteiger partial charge in [0, 0.05) is 16.7 Å². The number of hydrogen-bond donors (Lipinski definition) is 0. The maximum Gasteiger partial charge on any atom is 0.164 e. The fourth-order valence-electron chi connectivity index (χ4n) is 12.8. The molecule has 0 radical (unpaired) electrons. The van der Waals surface area contributed by atoms with E-state index >= 15 is 0 Å². The van der Waals surface area contributed by atoms with Gasteiger partial charge >= 0.3 is 0 Å². The lowest BCUT2D eigenvalue weighted by atomic mass is 9.48. The van der Waals surface area contributed by atoms with E-state index in [0.717, 1.165) is 52.2 Å². The van der Waals surface area contributed by atoms with Crippen molar-refractivity contribution in [2.45, 2.75) is 95.3 Å². The Labute approximate surface area is 325 Å². The van der Waals surface area contributed by atoms with Gasteiger partial charge < -0.3 is 0 Å². The van der Waals surface area contributed by atoms with Gasteiger partial charge in [-0.25, -0.2) is 15.0 Å². The summed E-state index contributed by atoms with van der Waals surface area (Å²) < 4.78 is 0. The number of nitrogens with zero attached hydrogens (tertiary/aromatic N) is 5. The molecular weight excluding hydrogens is 671 g/mol. The second-order valence-electron chi connectivity index (χ2n) is 18.8. The molecule has 6 aliphatic carbocycles. The molecule has 11 rings (SSSR count). The molecule has 274 valence electrons. The van der Waals surface area contributed by atoms with Crippen LogP contribution >= 0.6 is 0 Å². The Morgan fingerprint density at radius 3 is 1.49 bits per heavy atom. The van der Waals surface area contributed by atoms with Crippen LogP contribution in [0, 0.1) is 58.2 Å². The van der Waals surface area contributed by atoms with Gasteiger partial charge in [-0.3, -0.25) is 0 Å². The van der Waals surface area contributed by atoms with Crippen molar-refractivity contribution in [3.05, 3.63) is 113 Å². The van der Waals surface area contributed by atoms with Crippen molar-refractivity contribution < 1.29 is 0 Å². The summed E-state index contributed by atoms with van der Waals surface area (Å²) in [6, 6.07) is 36.3. The van der Waals surface area contributed by atoms with Crippen LogP contribution in [0.15, 0.2) is 91.0 Å². The number of aromatic nitrogens is 3. The van der Waals surface area contributed by atoms with Gasteiger partial charge in [0.15, 0.2) is 17.5 Å². The van der Waals surface area contributed by atoms with Crippen molar-refractivity contribution in [1.29, 1.82) is 10.5 Å². The van der Waals surface area contributed by atoms with Crippen LogP contribution in [0.1, 0.15) is 107 Å². The Bertz CT molecular complexity index is 2270. The van der Waals surface area contributed by atoms with Gasteiger partial charge in [0.05, 0.1) is 23.3 Å². The fourth-order valence-corrected chi connectivity index (χ4v) is 12.8. The van der Waals surface area contributed by atoms with Gasteiger partial charge in [0.25, 0.3) is 0 Å². The van der Waals surface area contributed by atoms with Crippen LogP contribution in [-0.4, -0.2) is 15.0 Å². The number of rotatable bonds is 6. The lowest BCUT2D eigenvalue weighted by molar-refractivity contribution is -0.00517. The van der Waals surface area contributed by atoms with Gasteiger partial charge in [0.1, 0.15) is 0 Å². The average Bonchev–Trinajstić information content (AvgIpc) is 3.19. The van der Waals surface area contributed by atoms with Crippen LogP contribution in [0.3, 0.4) is 0 Å². The molecule has 4 aromatic carbocycles. The van der Waals surface area contributed by atoms with E-state index in [4.69, 9.17) is 15.0 Å². The molecule has 1 heterocycles. The van der Waals surface area contributed by atoms with E-state index in [2.05, 4.69) is 68.5 Å². The van der Waals surface area contributed by atoms with Crippen LogP contribution in [0.5, 0.6) is 0 Å². The zero-order valence-corrected chi connectivity index (χ0v) is 32.1. The molecule has 6 bridgehead atoms. The largest absolute Gasteiger partial charge is 0.208 e. The Balaban J connectivity index is 1.14. The first-order chi connectivity index (χ1) is 26.7. The van der Waals surface area contributed by atoms with Crippen LogP contribution < -0.4 is 0 Å². The third-order valence-electron chi connectivity index (χ3n) is 14.5. The first-order valence-electron chi connectivity index (χ1n) is 20.8. The maximum atomic E-state index is 9.75. The topological polar surface area (TPSA) is 86.2 Å². The van der Waals surface area contributed by atoms with Crippen LogP contribution in [0.4, 0.5) is 0 Å². The summed E-state index contributed by atoms with van der Waals surface area (Å²) in [5.74, 6) is 6.66. The molecule has 6 fully saturated rings. The Morgan fingerprint density at radius 2 is 0.945 bits per heavy atom. The van der Waals surface area contributed by atoms with E-state index in [1.807, 2.05) is 36.4 Å². The minimum atomic E-state index is 0.0525. The van der Waals surface area contributed by atoms with Crippen molar-refractivity contribution in [3.63, 3.8) is 0 Å². The fraction of sp³-hybridized carbons (Fsp3) is 0.420. The molecule has 0 spiro atoms. The Kier molecular flexibility index (Phi) is 8.29. The molecule has 5 nitrogen and oxygen atoms in total. The normalized spacial score (nSPS) is 30.4. The standard InChI is InChI=1S/C50H49N5/c1-31-12-34-14-35(13-31)25-49(2,24-34)45-22-42(39-8-5-11-44(21-39)50-26-36-15-37(27-50)17-38(16-36)28-50)20-43(23-45)48-54-46(40-9-3-6-32(18-40)29-51)53-47(55-48)41-10-4-7-33(19-41)30-52/h3-11,18-23,31,34-38H,12-17,24-28H2,1-2H3/t31?,34-,35+,36?,37?,38?,49?,50?. The summed E-state index contributed by atoms with van der Waals surface area (Å²) in [6.07, 6.45) is 14.8. The molecule has 2 unspecified atom stereocenters. The van der Waals surface area contributed by atoms with Crippen molar-refractivity contribution in [3.8, 4) is 57.4 Å². The molecule has 55 heavy (non-hydrogen) atoms. The minimum absolute atomic E-state index is 0.0525. The van der Waals surface area contributed by atoms with Gasteiger partial charge in [0.2, 0.25) is 0 Å². The third kappa shape index (κ3) is 6.37. The van der Waals surface area contributed by atoms with E-state index in [-0.39, 0.29) is 5.41 Å². The Hall–Kier alpha value is -5.13. The molecular formula is C50H49N5. The number of hydrogen-bond acceptors (Lipinski definition) is 5. The summed E-state index contributed by atoms with van der Waals surface area (Å²) in [7, 11) is 0. The highest BCUT2D eigenvalue weighted by molar-refractivity contribution is 5.75. The van der Waals surface area contributed by atoms with Gasteiger partial charge in [-0.05, 0) is 176 Å². The smallest absolute Gasteiger partial charge is 0.164 e. The van der Waals surface area contributed by atoms with Gasteiger partial charge in [-0.15, -0.1) is 0 Å². The molecule has 4 atom stereocenters. The summed E-state index contributed by atoms with van der Waals surface area (Å²) in [5, 5.41) is 19.5. The second-order valence-corrected chi connectivity index (χ2v) is 18.8. The highest BCUT2D eigenvalue weighted by Crippen LogP contribution is 2.61. The van der Waals surface area contributed by atoms with E-state index < -0.39 is 0 Å². The van der Waals surface area contributed by atoms with Crippen molar-refractivity contribution in [2.24, 2.45) is 35.5 Å². The molecule has 1 aromatic heterocycles. The van der Waals surface area contributed by atoms with Crippen molar-refractivity contribution >= 4 is 0 Å². The minimum Gasteiger partial charge on any atom is -0.208 e. The predicted molar refractivity (Wildman–Crippen MR) is 217 cm³/mol. The molecule has 5 aromatic rings. The predicted octanol–water partition coefficient (Wildman–Crippen LogP) is 11.9. The van der Waals surface area contributed by atoms with E-state index in [1.165, 1.54) is 87.3 Å². The molecule has 0 amide bonds. The molecule has 0 N–H and O–H groups in total. The number of benzene rings is 4. The summed E-state index contributed by atoms with van der Waals surface area (Å²) in [4.78, 5) is 15.3.